The summed E-state index contributed by atoms with van der Waals surface area (Å²) in [6.07, 6.45) is 1.27. The van der Waals surface area contributed by atoms with Crippen molar-refractivity contribution in [2.45, 2.75) is 0 Å². The Bertz CT molecular complexity index is 1220. The van der Waals surface area contributed by atoms with E-state index in [1.807, 2.05) is 0 Å². The van der Waals surface area contributed by atoms with Crippen LogP contribution < -0.4 is 25.4 Å². The number of amides is 5. The van der Waals surface area contributed by atoms with Gasteiger partial charge in [-0.2, -0.15) is 0 Å². The number of esters is 1. The molecule has 0 bridgehead atoms. The van der Waals surface area contributed by atoms with Gasteiger partial charge in [0.05, 0.1) is 29.9 Å². The van der Waals surface area contributed by atoms with E-state index < -0.39 is 29.7 Å². The van der Waals surface area contributed by atoms with E-state index in [-0.39, 0.29) is 34.9 Å². The van der Waals surface area contributed by atoms with Crippen LogP contribution in [0, 0.1) is 0 Å². The zero-order valence-electron chi connectivity index (χ0n) is 17.9. The number of rotatable bonds is 7. The van der Waals surface area contributed by atoms with Crippen LogP contribution in [-0.2, 0) is 19.1 Å². The van der Waals surface area contributed by atoms with Gasteiger partial charge in [0, 0.05) is 0 Å². The van der Waals surface area contributed by atoms with Crippen LogP contribution in [0.5, 0.6) is 11.5 Å². The lowest BCUT2D eigenvalue weighted by atomic mass is 10.1. The first-order valence-corrected chi connectivity index (χ1v) is 10.3. The van der Waals surface area contributed by atoms with Crippen molar-refractivity contribution < 1.29 is 38.2 Å². The van der Waals surface area contributed by atoms with E-state index in [9.17, 15) is 24.0 Å². The molecule has 1 saturated heterocycles. The minimum absolute atomic E-state index is 0.141. The predicted molar refractivity (Wildman–Crippen MR) is 122 cm³/mol. The molecule has 0 spiro atoms. The summed E-state index contributed by atoms with van der Waals surface area (Å²) >= 11 is 3.29. The van der Waals surface area contributed by atoms with E-state index in [0.29, 0.717) is 10.0 Å². The summed E-state index contributed by atoms with van der Waals surface area (Å²) in [5.41, 5.74) is 5.51. The van der Waals surface area contributed by atoms with Gasteiger partial charge in [-0.25, -0.2) is 14.5 Å². The van der Waals surface area contributed by atoms with Crippen molar-refractivity contribution in [1.82, 2.24) is 5.32 Å². The number of hydrogen-bond acceptors (Lipinski definition) is 8. The Morgan fingerprint density at radius 2 is 1.79 bits per heavy atom. The zero-order valence-corrected chi connectivity index (χ0v) is 19.5. The van der Waals surface area contributed by atoms with Crippen LogP contribution in [0.25, 0.3) is 6.08 Å². The standard InChI is InChI=1S/C22H18BrN3O8/c1-32-16-9-11(8-15(23)18(16)34-10-17(24)27)7-14-19(28)25-22(31)26(20(14)29)13-5-3-12(4-6-13)21(30)33-2/h3-9H,10H2,1-2H3,(H2,24,27)(H,25,28,31)/b14-7+. The molecular formula is C22H18BrN3O8. The number of barbiturate groups is 1. The largest absolute Gasteiger partial charge is 0.493 e. The fraction of sp³-hybridized carbons (Fsp3) is 0.136. The van der Waals surface area contributed by atoms with Gasteiger partial charge in [0.1, 0.15) is 5.57 Å². The molecule has 0 aromatic heterocycles. The van der Waals surface area contributed by atoms with Gasteiger partial charge < -0.3 is 19.9 Å². The maximum absolute atomic E-state index is 13.1. The van der Waals surface area contributed by atoms with Gasteiger partial charge in [-0.1, -0.05) is 0 Å². The molecule has 0 radical (unpaired) electrons. The second-order valence-electron chi connectivity index (χ2n) is 6.79. The highest BCUT2D eigenvalue weighted by Crippen LogP contribution is 2.37. The number of carbonyl (C=O) groups is 5. The first-order chi connectivity index (χ1) is 16.2. The fourth-order valence-corrected chi connectivity index (χ4v) is 3.60. The molecular weight excluding hydrogens is 514 g/mol. The quantitative estimate of drug-likeness (QED) is 0.311. The van der Waals surface area contributed by atoms with E-state index in [0.717, 1.165) is 4.90 Å². The van der Waals surface area contributed by atoms with Crippen molar-refractivity contribution in [2.75, 3.05) is 25.7 Å². The lowest BCUT2D eigenvalue weighted by Gasteiger charge is -2.26. The third kappa shape index (κ3) is 5.07. The average molecular weight is 532 g/mol. The number of ether oxygens (including phenoxy) is 3. The number of nitrogens with two attached hydrogens (primary N) is 1. The van der Waals surface area contributed by atoms with Crippen LogP contribution in [0.15, 0.2) is 46.4 Å². The predicted octanol–water partition coefficient (Wildman–Crippen LogP) is 1.77. The zero-order chi connectivity index (χ0) is 25.0. The Kier molecular flexibility index (Phi) is 7.31. The lowest BCUT2D eigenvalue weighted by molar-refractivity contribution is -0.123. The van der Waals surface area contributed by atoms with Crippen LogP contribution in [0.2, 0.25) is 0 Å². The average Bonchev–Trinajstić information content (AvgIpc) is 2.80. The minimum Gasteiger partial charge on any atom is -0.493 e. The van der Waals surface area contributed by atoms with Crippen LogP contribution >= 0.6 is 15.9 Å². The summed E-state index contributed by atoms with van der Waals surface area (Å²) in [5, 5.41) is 2.11. The molecule has 2 aromatic carbocycles. The second kappa shape index (κ2) is 10.2. The van der Waals surface area contributed by atoms with Crippen LogP contribution in [0.1, 0.15) is 15.9 Å². The molecule has 11 nitrogen and oxygen atoms in total. The maximum Gasteiger partial charge on any atom is 0.337 e. The number of benzene rings is 2. The van der Waals surface area contributed by atoms with Crippen LogP contribution in [0.3, 0.4) is 0 Å². The number of hydrogen-bond donors (Lipinski definition) is 2. The third-order valence-corrected chi connectivity index (χ3v) is 5.16. The highest BCUT2D eigenvalue weighted by Gasteiger charge is 2.37. The Labute approximate surface area is 201 Å². The summed E-state index contributed by atoms with van der Waals surface area (Å²) in [4.78, 5) is 61.3. The van der Waals surface area contributed by atoms with Crippen molar-refractivity contribution >= 4 is 57.4 Å². The summed E-state index contributed by atoms with van der Waals surface area (Å²) in [6.45, 7) is -0.387. The number of carbonyl (C=O) groups excluding carboxylic acids is 5. The molecule has 0 saturated carbocycles. The van der Waals surface area contributed by atoms with Crippen molar-refractivity contribution in [2.24, 2.45) is 5.73 Å². The minimum atomic E-state index is -0.938. The first kappa shape index (κ1) is 24.5. The maximum atomic E-state index is 13.1. The summed E-state index contributed by atoms with van der Waals surface area (Å²) in [7, 11) is 2.59. The van der Waals surface area contributed by atoms with Gasteiger partial charge in [0.15, 0.2) is 18.1 Å². The summed E-state index contributed by atoms with van der Waals surface area (Å²) in [6, 6.07) is 7.58. The number of methoxy groups -OCH3 is 2. The van der Waals surface area contributed by atoms with Crippen LogP contribution in [0.4, 0.5) is 10.5 Å². The molecule has 5 amide bonds. The monoisotopic (exact) mass is 531 g/mol. The SMILES string of the molecule is COC(=O)c1ccc(N2C(=O)NC(=O)/C(=C\c3cc(Br)c(OCC(N)=O)c(OC)c3)C2=O)cc1. The first-order valence-electron chi connectivity index (χ1n) is 9.54. The fourth-order valence-electron chi connectivity index (χ4n) is 3.03. The summed E-state index contributed by atoms with van der Waals surface area (Å²) in [5.74, 6) is -2.62. The molecule has 34 heavy (non-hydrogen) atoms. The smallest absolute Gasteiger partial charge is 0.337 e. The molecule has 12 heteroatoms. The molecule has 0 unspecified atom stereocenters. The van der Waals surface area contributed by atoms with Gasteiger partial charge in [0.25, 0.3) is 17.7 Å². The van der Waals surface area contributed by atoms with Crippen molar-refractivity contribution in [3.8, 4) is 11.5 Å². The number of anilines is 1. The number of primary amides is 1. The molecule has 2 aromatic rings. The number of nitrogens with one attached hydrogen (secondary N) is 1. The van der Waals surface area contributed by atoms with Gasteiger partial charge in [-0.3, -0.25) is 19.7 Å². The van der Waals surface area contributed by atoms with Crippen molar-refractivity contribution in [1.29, 1.82) is 0 Å². The number of urea groups is 1. The highest BCUT2D eigenvalue weighted by molar-refractivity contribution is 9.10. The Morgan fingerprint density at radius 3 is 2.38 bits per heavy atom. The second-order valence-corrected chi connectivity index (χ2v) is 7.64. The number of imide groups is 2. The molecule has 0 aliphatic carbocycles. The molecule has 3 rings (SSSR count). The Morgan fingerprint density at radius 1 is 1.12 bits per heavy atom. The molecule has 1 aliphatic heterocycles. The van der Waals surface area contributed by atoms with E-state index in [1.165, 1.54) is 56.7 Å². The van der Waals surface area contributed by atoms with Crippen LogP contribution in [-0.4, -0.2) is 50.5 Å². The van der Waals surface area contributed by atoms with E-state index >= 15 is 0 Å². The lowest BCUT2D eigenvalue weighted by Crippen LogP contribution is -2.54. The van der Waals surface area contributed by atoms with Gasteiger partial charge in [-0.05, 0) is 64.0 Å². The Hall–Kier alpha value is -4.19. The molecule has 0 atom stereocenters. The summed E-state index contributed by atoms with van der Waals surface area (Å²) < 4.78 is 15.6. The number of nitrogens with zero attached hydrogens (tertiary/aromatic N) is 1. The van der Waals surface area contributed by atoms with Gasteiger partial charge in [0.2, 0.25) is 0 Å². The third-order valence-electron chi connectivity index (χ3n) is 4.57. The van der Waals surface area contributed by atoms with E-state index in [2.05, 4.69) is 26.0 Å². The highest BCUT2D eigenvalue weighted by atomic mass is 79.9. The molecule has 1 aliphatic rings. The van der Waals surface area contributed by atoms with E-state index in [1.54, 1.807) is 0 Å². The van der Waals surface area contributed by atoms with Gasteiger partial charge >= 0.3 is 12.0 Å². The molecule has 1 heterocycles. The van der Waals surface area contributed by atoms with E-state index in [4.69, 9.17) is 15.2 Å². The number of halogens is 1. The van der Waals surface area contributed by atoms with Crippen molar-refractivity contribution in [3.05, 3.63) is 57.6 Å². The topological polar surface area (TPSA) is 154 Å². The van der Waals surface area contributed by atoms with Gasteiger partial charge in [-0.15, -0.1) is 0 Å². The molecule has 1 fully saturated rings. The molecule has 3 N–H and O–H groups in total. The Balaban J connectivity index is 1.96. The normalized spacial score (nSPS) is 14.6. The van der Waals surface area contributed by atoms with Crippen molar-refractivity contribution in [3.63, 3.8) is 0 Å². The molecule has 176 valence electrons.